The van der Waals surface area contributed by atoms with E-state index in [0.29, 0.717) is 4.88 Å². The van der Waals surface area contributed by atoms with Gasteiger partial charge in [-0.05, 0) is 25.3 Å². The van der Waals surface area contributed by atoms with Crippen molar-refractivity contribution in [1.82, 2.24) is 10.2 Å². The third kappa shape index (κ3) is 3.80. The van der Waals surface area contributed by atoms with Crippen LogP contribution in [0.1, 0.15) is 29.9 Å². The molecule has 0 saturated heterocycles. The second-order valence-electron chi connectivity index (χ2n) is 4.80. The Bertz CT molecular complexity index is 496. The zero-order chi connectivity index (χ0) is 15.3. The van der Waals surface area contributed by atoms with Gasteiger partial charge in [-0.25, -0.2) is 4.79 Å². The van der Waals surface area contributed by atoms with E-state index in [4.69, 9.17) is 5.11 Å². The molecule has 1 aromatic rings. The van der Waals surface area contributed by atoms with E-state index in [1.807, 2.05) is 0 Å². The molecule has 110 valence electrons. The van der Waals surface area contributed by atoms with Gasteiger partial charge in [-0.15, -0.1) is 11.3 Å². The number of rotatable bonds is 6. The number of nitrogens with zero attached hydrogens (tertiary/aromatic N) is 1. The van der Waals surface area contributed by atoms with E-state index in [1.54, 1.807) is 17.5 Å². The van der Waals surface area contributed by atoms with Crippen LogP contribution in [0.4, 0.5) is 0 Å². The summed E-state index contributed by atoms with van der Waals surface area (Å²) in [6.07, 6.45) is 0.0598. The highest BCUT2D eigenvalue weighted by Gasteiger charge is 2.34. The normalized spacial score (nSPS) is 10.9. The lowest BCUT2D eigenvalue weighted by atomic mass is 10.0. The topological polar surface area (TPSA) is 86.7 Å². The minimum Gasteiger partial charge on any atom is -0.480 e. The predicted molar refractivity (Wildman–Crippen MR) is 75.8 cm³/mol. The molecule has 7 heteroatoms. The van der Waals surface area contributed by atoms with Crippen molar-refractivity contribution in [3.8, 4) is 0 Å². The van der Waals surface area contributed by atoms with Crippen LogP contribution in [-0.2, 0) is 9.59 Å². The highest BCUT2D eigenvalue weighted by molar-refractivity contribution is 7.12. The average molecular weight is 298 g/mol. The summed E-state index contributed by atoms with van der Waals surface area (Å²) >= 11 is 1.32. The number of carboxylic acid groups (broad SMARTS) is 1. The number of hydrogen-bond acceptors (Lipinski definition) is 4. The Morgan fingerprint density at radius 3 is 2.55 bits per heavy atom. The Hall–Kier alpha value is -1.89. The number of carbonyl (C=O) groups excluding carboxylic acids is 2. The molecular formula is C13H18N2O4S. The summed E-state index contributed by atoms with van der Waals surface area (Å²) in [5.74, 6) is -1.63. The molecule has 0 radical (unpaired) electrons. The molecule has 0 unspecified atom stereocenters. The fraction of sp³-hybridized carbons (Fsp3) is 0.462. The first-order valence-electron chi connectivity index (χ1n) is 6.08. The molecule has 0 aliphatic rings. The Morgan fingerprint density at radius 2 is 2.05 bits per heavy atom. The SMILES string of the molecule is CN(C(=O)CCNC(=O)c1cccs1)C(C)(C)C(=O)O. The Balaban J connectivity index is 2.44. The first-order chi connectivity index (χ1) is 9.26. The summed E-state index contributed by atoms with van der Waals surface area (Å²) in [6, 6.07) is 3.47. The van der Waals surface area contributed by atoms with Gasteiger partial charge in [-0.3, -0.25) is 9.59 Å². The first kappa shape index (κ1) is 16.2. The lowest BCUT2D eigenvalue weighted by Crippen LogP contribution is -2.51. The smallest absolute Gasteiger partial charge is 0.329 e. The molecule has 0 fully saturated rings. The van der Waals surface area contributed by atoms with Gasteiger partial charge in [0.05, 0.1) is 4.88 Å². The van der Waals surface area contributed by atoms with Gasteiger partial charge in [0.2, 0.25) is 5.91 Å². The Labute approximate surface area is 121 Å². The lowest BCUT2D eigenvalue weighted by Gasteiger charge is -2.31. The molecule has 0 bridgehead atoms. The first-order valence-corrected chi connectivity index (χ1v) is 6.96. The number of nitrogens with one attached hydrogen (secondary N) is 1. The molecule has 1 rings (SSSR count). The van der Waals surface area contributed by atoms with Crippen LogP contribution < -0.4 is 5.32 Å². The van der Waals surface area contributed by atoms with Crippen LogP contribution in [0.5, 0.6) is 0 Å². The molecule has 0 aromatic carbocycles. The van der Waals surface area contributed by atoms with E-state index in [1.165, 1.54) is 37.1 Å². The number of hydrogen-bond donors (Lipinski definition) is 2. The average Bonchev–Trinajstić information content (AvgIpc) is 2.91. The minimum absolute atomic E-state index is 0.0598. The van der Waals surface area contributed by atoms with Crippen molar-refractivity contribution in [2.45, 2.75) is 25.8 Å². The van der Waals surface area contributed by atoms with Gasteiger partial charge in [-0.2, -0.15) is 0 Å². The summed E-state index contributed by atoms with van der Waals surface area (Å²) in [6.45, 7) is 3.09. The van der Waals surface area contributed by atoms with E-state index >= 15 is 0 Å². The van der Waals surface area contributed by atoms with E-state index in [9.17, 15) is 14.4 Å². The molecule has 0 atom stereocenters. The number of likely N-dealkylation sites (N-methyl/N-ethyl adjacent to an activating group) is 1. The maximum absolute atomic E-state index is 11.9. The van der Waals surface area contributed by atoms with Gasteiger partial charge in [0.1, 0.15) is 5.54 Å². The van der Waals surface area contributed by atoms with E-state index < -0.39 is 11.5 Å². The van der Waals surface area contributed by atoms with Crippen LogP contribution in [-0.4, -0.2) is 46.9 Å². The van der Waals surface area contributed by atoms with Crippen molar-refractivity contribution in [3.63, 3.8) is 0 Å². The van der Waals surface area contributed by atoms with Crippen molar-refractivity contribution in [2.24, 2.45) is 0 Å². The number of amides is 2. The van der Waals surface area contributed by atoms with Crippen LogP contribution in [0.15, 0.2) is 17.5 Å². The summed E-state index contributed by atoms with van der Waals surface area (Å²) in [7, 11) is 1.44. The molecule has 1 heterocycles. The molecule has 0 saturated carbocycles. The van der Waals surface area contributed by atoms with Gasteiger partial charge < -0.3 is 15.3 Å². The lowest BCUT2D eigenvalue weighted by molar-refractivity contribution is -0.155. The molecule has 6 nitrogen and oxygen atoms in total. The second kappa shape index (κ2) is 6.51. The molecule has 2 N–H and O–H groups in total. The van der Waals surface area contributed by atoms with Crippen molar-refractivity contribution >= 4 is 29.1 Å². The van der Waals surface area contributed by atoms with Gasteiger partial charge >= 0.3 is 5.97 Å². The number of aliphatic carboxylic acids is 1. The minimum atomic E-state index is -1.27. The standard InChI is InChI=1S/C13H18N2O4S/c1-13(2,12(18)19)15(3)10(16)6-7-14-11(17)9-5-4-8-20-9/h4-5,8H,6-7H2,1-3H3,(H,14,17)(H,18,19). The van der Waals surface area contributed by atoms with Crippen molar-refractivity contribution in [2.75, 3.05) is 13.6 Å². The van der Waals surface area contributed by atoms with Crippen LogP contribution in [0.25, 0.3) is 0 Å². The molecular weight excluding hydrogens is 280 g/mol. The summed E-state index contributed by atoms with van der Waals surface area (Å²) < 4.78 is 0. The quantitative estimate of drug-likeness (QED) is 0.826. The van der Waals surface area contributed by atoms with Gasteiger partial charge in [0, 0.05) is 20.0 Å². The van der Waals surface area contributed by atoms with E-state index in [2.05, 4.69) is 5.32 Å². The Kier molecular flexibility index (Phi) is 5.26. The number of thiophene rings is 1. The highest BCUT2D eigenvalue weighted by atomic mass is 32.1. The maximum atomic E-state index is 11.9. The molecule has 1 aromatic heterocycles. The van der Waals surface area contributed by atoms with Crippen molar-refractivity contribution in [3.05, 3.63) is 22.4 Å². The van der Waals surface area contributed by atoms with Crippen molar-refractivity contribution < 1.29 is 19.5 Å². The molecule has 0 aliphatic heterocycles. The Morgan fingerprint density at radius 1 is 1.40 bits per heavy atom. The molecule has 0 spiro atoms. The zero-order valence-electron chi connectivity index (χ0n) is 11.7. The van der Waals surface area contributed by atoms with Crippen molar-refractivity contribution in [1.29, 1.82) is 0 Å². The van der Waals surface area contributed by atoms with E-state index in [-0.39, 0.29) is 24.8 Å². The summed E-state index contributed by atoms with van der Waals surface area (Å²) in [5, 5.41) is 13.5. The van der Waals surface area contributed by atoms with E-state index in [0.717, 1.165) is 0 Å². The summed E-state index contributed by atoms with van der Waals surface area (Å²) in [5.41, 5.74) is -1.27. The fourth-order valence-corrected chi connectivity index (χ4v) is 2.04. The molecule has 0 aliphatic carbocycles. The van der Waals surface area contributed by atoms with Crippen LogP contribution in [0, 0.1) is 0 Å². The van der Waals surface area contributed by atoms with Gasteiger partial charge in [0.15, 0.2) is 0 Å². The predicted octanol–water partition coefficient (Wildman–Crippen LogP) is 1.19. The largest absolute Gasteiger partial charge is 0.480 e. The zero-order valence-corrected chi connectivity index (χ0v) is 12.5. The monoisotopic (exact) mass is 298 g/mol. The third-order valence-corrected chi connectivity index (χ3v) is 3.97. The highest BCUT2D eigenvalue weighted by Crippen LogP contribution is 2.13. The second-order valence-corrected chi connectivity index (χ2v) is 5.75. The summed E-state index contributed by atoms with van der Waals surface area (Å²) in [4.78, 5) is 36.3. The van der Waals surface area contributed by atoms with Crippen LogP contribution >= 0.6 is 11.3 Å². The molecule has 2 amide bonds. The van der Waals surface area contributed by atoms with Gasteiger partial charge in [-0.1, -0.05) is 6.07 Å². The third-order valence-electron chi connectivity index (χ3n) is 3.11. The number of carbonyl (C=O) groups is 3. The van der Waals surface area contributed by atoms with Crippen LogP contribution in [0.2, 0.25) is 0 Å². The van der Waals surface area contributed by atoms with Gasteiger partial charge in [0.25, 0.3) is 5.91 Å². The molecule has 20 heavy (non-hydrogen) atoms. The number of carboxylic acids is 1. The fourth-order valence-electron chi connectivity index (χ4n) is 1.40. The van der Waals surface area contributed by atoms with Crippen LogP contribution in [0.3, 0.4) is 0 Å². The maximum Gasteiger partial charge on any atom is 0.329 e.